The van der Waals surface area contributed by atoms with Crippen LogP contribution >= 0.6 is 11.8 Å². The molecule has 0 N–H and O–H groups in total. The van der Waals surface area contributed by atoms with Gasteiger partial charge in [-0.05, 0) is 47.2 Å². The van der Waals surface area contributed by atoms with Gasteiger partial charge in [0.05, 0.1) is 23.3 Å². The highest BCUT2D eigenvalue weighted by atomic mass is 32.2. The lowest BCUT2D eigenvalue weighted by Gasteiger charge is -2.11. The third-order valence-corrected chi connectivity index (χ3v) is 4.66. The summed E-state index contributed by atoms with van der Waals surface area (Å²) in [4.78, 5) is 4.73. The molecule has 0 saturated heterocycles. The second-order valence-electron chi connectivity index (χ2n) is 5.67. The van der Waals surface area contributed by atoms with E-state index in [2.05, 4.69) is 34.6 Å². The third-order valence-electron chi connectivity index (χ3n) is 4.03. The summed E-state index contributed by atoms with van der Waals surface area (Å²) in [5.41, 5.74) is 4.06. The van der Waals surface area contributed by atoms with E-state index in [4.69, 9.17) is 4.98 Å². The van der Waals surface area contributed by atoms with Gasteiger partial charge >= 0.3 is 0 Å². The van der Waals surface area contributed by atoms with Crippen molar-refractivity contribution in [2.45, 2.75) is 11.6 Å². The van der Waals surface area contributed by atoms with Gasteiger partial charge in [0.1, 0.15) is 5.82 Å². The molecule has 2 heterocycles. The van der Waals surface area contributed by atoms with Gasteiger partial charge < -0.3 is 0 Å². The van der Waals surface area contributed by atoms with Crippen molar-refractivity contribution in [3.05, 3.63) is 72.3 Å². The Morgan fingerprint density at radius 1 is 1.08 bits per heavy atom. The SMILES string of the molecule is CSc1cc(-c2ccc(F)cc2)c2ccc(Cn3ccnn3)cc2n1. The van der Waals surface area contributed by atoms with Gasteiger partial charge in [0.2, 0.25) is 0 Å². The number of nitrogens with zero attached hydrogens (tertiary/aromatic N) is 4. The van der Waals surface area contributed by atoms with E-state index in [-0.39, 0.29) is 5.82 Å². The summed E-state index contributed by atoms with van der Waals surface area (Å²) in [6.07, 6.45) is 5.50. The van der Waals surface area contributed by atoms with Gasteiger partial charge in [0, 0.05) is 11.6 Å². The van der Waals surface area contributed by atoms with Crippen LogP contribution in [-0.4, -0.2) is 26.2 Å². The van der Waals surface area contributed by atoms with Gasteiger partial charge in [0.15, 0.2) is 0 Å². The zero-order chi connectivity index (χ0) is 17.2. The summed E-state index contributed by atoms with van der Waals surface area (Å²) in [6.45, 7) is 0.646. The third kappa shape index (κ3) is 3.25. The Labute approximate surface area is 148 Å². The maximum absolute atomic E-state index is 13.3. The van der Waals surface area contributed by atoms with Crippen LogP contribution in [0.3, 0.4) is 0 Å². The van der Waals surface area contributed by atoms with Crippen LogP contribution in [0.25, 0.3) is 22.0 Å². The van der Waals surface area contributed by atoms with Gasteiger partial charge in [0.25, 0.3) is 0 Å². The van der Waals surface area contributed by atoms with Crippen LogP contribution in [0.4, 0.5) is 4.39 Å². The molecule has 0 bridgehead atoms. The van der Waals surface area contributed by atoms with Crippen molar-refractivity contribution in [1.82, 2.24) is 20.0 Å². The number of hydrogen-bond donors (Lipinski definition) is 0. The van der Waals surface area contributed by atoms with Crippen molar-refractivity contribution in [1.29, 1.82) is 0 Å². The van der Waals surface area contributed by atoms with Crippen LogP contribution in [0, 0.1) is 5.82 Å². The van der Waals surface area contributed by atoms with Crippen molar-refractivity contribution in [2.24, 2.45) is 0 Å². The Bertz CT molecular complexity index is 1010. The van der Waals surface area contributed by atoms with Crippen LogP contribution < -0.4 is 0 Å². The fourth-order valence-corrected chi connectivity index (χ4v) is 3.25. The highest BCUT2D eigenvalue weighted by molar-refractivity contribution is 7.98. The Morgan fingerprint density at radius 2 is 1.92 bits per heavy atom. The number of hydrogen-bond acceptors (Lipinski definition) is 4. The van der Waals surface area contributed by atoms with Crippen molar-refractivity contribution in [3.8, 4) is 11.1 Å². The van der Waals surface area contributed by atoms with Crippen LogP contribution in [0.1, 0.15) is 5.56 Å². The number of benzene rings is 2. The summed E-state index contributed by atoms with van der Waals surface area (Å²) in [6, 6.07) is 14.8. The summed E-state index contributed by atoms with van der Waals surface area (Å²) in [5, 5.41) is 9.82. The van der Waals surface area contributed by atoms with Crippen LogP contribution in [0.5, 0.6) is 0 Å². The molecule has 0 fully saturated rings. The van der Waals surface area contributed by atoms with Crippen LogP contribution in [-0.2, 0) is 6.54 Å². The minimum Gasteiger partial charge on any atom is -0.248 e. The Kier molecular flexibility index (Phi) is 4.19. The first-order chi connectivity index (χ1) is 12.2. The zero-order valence-corrected chi connectivity index (χ0v) is 14.4. The molecule has 4 nitrogen and oxygen atoms in total. The lowest BCUT2D eigenvalue weighted by molar-refractivity contribution is 0.628. The van der Waals surface area contributed by atoms with E-state index in [0.717, 1.165) is 32.6 Å². The van der Waals surface area contributed by atoms with Gasteiger partial charge in [-0.2, -0.15) is 0 Å². The van der Waals surface area contributed by atoms with Gasteiger partial charge in [-0.25, -0.2) is 14.1 Å². The predicted octanol–water partition coefficient (Wildman–Crippen LogP) is 4.40. The molecule has 25 heavy (non-hydrogen) atoms. The quantitative estimate of drug-likeness (QED) is 0.512. The molecule has 0 amide bonds. The fraction of sp³-hybridized carbons (Fsp3) is 0.105. The molecule has 0 aliphatic heterocycles. The lowest BCUT2D eigenvalue weighted by Crippen LogP contribution is -2.01. The normalized spacial score (nSPS) is 11.1. The van der Waals surface area contributed by atoms with E-state index in [0.29, 0.717) is 6.54 Å². The number of rotatable bonds is 4. The molecule has 6 heteroatoms. The predicted molar refractivity (Wildman–Crippen MR) is 98.0 cm³/mol. The van der Waals surface area contributed by atoms with Crippen molar-refractivity contribution < 1.29 is 4.39 Å². The Morgan fingerprint density at radius 3 is 2.64 bits per heavy atom. The van der Waals surface area contributed by atoms with E-state index in [1.54, 1.807) is 34.8 Å². The minimum atomic E-state index is -0.234. The van der Waals surface area contributed by atoms with Crippen LogP contribution in [0.15, 0.2) is 66.0 Å². The van der Waals surface area contributed by atoms with Crippen LogP contribution in [0.2, 0.25) is 0 Å². The largest absolute Gasteiger partial charge is 0.248 e. The van der Waals surface area contributed by atoms with E-state index >= 15 is 0 Å². The molecule has 4 aromatic rings. The number of aromatic nitrogens is 4. The molecule has 124 valence electrons. The first kappa shape index (κ1) is 15.8. The van der Waals surface area contributed by atoms with Crippen molar-refractivity contribution in [3.63, 3.8) is 0 Å². The van der Waals surface area contributed by atoms with E-state index in [1.807, 2.05) is 12.5 Å². The topological polar surface area (TPSA) is 43.6 Å². The average Bonchev–Trinajstić information content (AvgIpc) is 3.14. The minimum absolute atomic E-state index is 0.234. The highest BCUT2D eigenvalue weighted by Gasteiger charge is 2.09. The molecule has 0 aliphatic rings. The molecule has 0 aliphatic carbocycles. The fourth-order valence-electron chi connectivity index (χ4n) is 2.83. The molecule has 0 atom stereocenters. The zero-order valence-electron chi connectivity index (χ0n) is 13.6. The van der Waals surface area contributed by atoms with E-state index in [9.17, 15) is 4.39 Å². The molecule has 0 saturated carbocycles. The van der Waals surface area contributed by atoms with E-state index < -0.39 is 0 Å². The summed E-state index contributed by atoms with van der Waals surface area (Å²) in [7, 11) is 0. The van der Waals surface area contributed by atoms with Gasteiger partial charge in [-0.15, -0.1) is 16.9 Å². The van der Waals surface area contributed by atoms with Gasteiger partial charge in [-0.1, -0.05) is 29.5 Å². The Balaban J connectivity index is 1.83. The molecule has 0 radical (unpaired) electrons. The number of fused-ring (bicyclic) bond motifs is 1. The first-order valence-corrected chi connectivity index (χ1v) is 9.03. The van der Waals surface area contributed by atoms with Gasteiger partial charge in [-0.3, -0.25) is 0 Å². The molecular weight excluding hydrogens is 335 g/mol. The Hall–Kier alpha value is -2.73. The molecule has 0 spiro atoms. The van der Waals surface area contributed by atoms with Crippen molar-refractivity contribution in [2.75, 3.05) is 6.26 Å². The molecule has 2 aromatic carbocycles. The van der Waals surface area contributed by atoms with Crippen molar-refractivity contribution >= 4 is 22.7 Å². The summed E-state index contributed by atoms with van der Waals surface area (Å²) < 4.78 is 15.0. The molecular formula is C19H15FN4S. The maximum atomic E-state index is 13.3. The van der Waals surface area contributed by atoms with E-state index in [1.165, 1.54) is 12.1 Å². The summed E-state index contributed by atoms with van der Waals surface area (Å²) in [5.74, 6) is -0.234. The lowest BCUT2D eigenvalue weighted by atomic mass is 10.00. The molecule has 2 aromatic heterocycles. The average molecular weight is 350 g/mol. The molecule has 4 rings (SSSR count). The number of thioether (sulfide) groups is 1. The maximum Gasteiger partial charge on any atom is 0.123 e. The monoisotopic (exact) mass is 350 g/mol. The second kappa shape index (κ2) is 6.64. The standard InChI is InChI=1S/C19H15FN4S/c1-25-19-11-17(14-3-5-15(20)6-4-14)16-7-2-13(10-18(16)22-19)12-24-9-8-21-23-24/h2-11H,12H2,1H3. The molecule has 0 unspecified atom stereocenters. The number of halogens is 1. The first-order valence-electron chi connectivity index (χ1n) is 7.80. The summed E-state index contributed by atoms with van der Waals surface area (Å²) >= 11 is 1.59. The smallest absolute Gasteiger partial charge is 0.123 e. The highest BCUT2D eigenvalue weighted by Crippen LogP contribution is 2.31. The second-order valence-corrected chi connectivity index (χ2v) is 6.50. The number of pyridine rings is 1.